The Balaban J connectivity index is 0.000000687. The van der Waals surface area contributed by atoms with Gasteiger partial charge in [-0.15, -0.1) is 0 Å². The van der Waals surface area contributed by atoms with Crippen LogP contribution in [0.5, 0.6) is 23.0 Å². The Morgan fingerprint density at radius 2 is 1.83 bits per heavy atom. The largest absolute Gasteiger partial charge is 0.504 e. The lowest BCUT2D eigenvalue weighted by Gasteiger charge is -2.11. The Bertz CT molecular complexity index is 788. The van der Waals surface area contributed by atoms with Crippen molar-refractivity contribution in [1.82, 2.24) is 0 Å². The number of rotatable bonds is 8. The summed E-state index contributed by atoms with van der Waals surface area (Å²) in [5, 5.41) is 9.96. The zero-order chi connectivity index (χ0) is 21.1. The molecule has 0 fully saturated rings. The molecule has 0 spiro atoms. The third-order valence-corrected chi connectivity index (χ3v) is 4.01. The third kappa shape index (κ3) is 6.85. The first-order valence-electron chi connectivity index (χ1n) is 9.08. The minimum atomic E-state index is -0.400. The highest BCUT2D eigenvalue weighted by molar-refractivity contribution is 5.89. The summed E-state index contributed by atoms with van der Waals surface area (Å²) in [6.07, 6.45) is 1.43. The molecule has 0 unspecified atom stereocenters. The number of methoxy groups -OCH3 is 1. The van der Waals surface area contributed by atoms with Crippen LogP contribution in [0.4, 0.5) is 0 Å². The van der Waals surface area contributed by atoms with Crippen LogP contribution in [0.2, 0.25) is 0 Å². The maximum Gasteiger partial charge on any atom is 0.337 e. The fourth-order valence-corrected chi connectivity index (χ4v) is 2.57. The van der Waals surface area contributed by atoms with E-state index in [9.17, 15) is 9.90 Å². The zero-order valence-corrected chi connectivity index (χ0v) is 16.8. The van der Waals surface area contributed by atoms with Crippen molar-refractivity contribution in [3.05, 3.63) is 47.5 Å². The van der Waals surface area contributed by atoms with E-state index in [1.54, 1.807) is 36.4 Å². The van der Waals surface area contributed by atoms with Crippen molar-refractivity contribution in [3.8, 4) is 23.0 Å². The average Bonchev–Trinajstić information content (AvgIpc) is 3.20. The molecule has 1 aliphatic rings. The number of benzene rings is 2. The molecule has 158 valence electrons. The smallest absolute Gasteiger partial charge is 0.337 e. The maximum atomic E-state index is 11.5. The van der Waals surface area contributed by atoms with Gasteiger partial charge in [0.15, 0.2) is 11.5 Å². The van der Waals surface area contributed by atoms with Crippen LogP contribution in [0, 0.1) is 0 Å². The van der Waals surface area contributed by atoms with Gasteiger partial charge in [-0.1, -0.05) is 6.07 Å². The van der Waals surface area contributed by atoms with Gasteiger partial charge in [0.2, 0.25) is 0 Å². The highest BCUT2D eigenvalue weighted by Crippen LogP contribution is 2.36. The highest BCUT2D eigenvalue weighted by Gasteiger charge is 2.16. The molecule has 2 aromatic carbocycles. The van der Waals surface area contributed by atoms with Crippen LogP contribution in [-0.2, 0) is 20.9 Å². The van der Waals surface area contributed by atoms with Crippen molar-refractivity contribution in [2.24, 2.45) is 0 Å². The highest BCUT2D eigenvalue weighted by atomic mass is 17.2. The minimum Gasteiger partial charge on any atom is -0.504 e. The van der Waals surface area contributed by atoms with Gasteiger partial charge in [-0.05, 0) is 24.3 Å². The molecule has 0 saturated heterocycles. The second-order valence-electron chi connectivity index (χ2n) is 5.93. The predicted octanol–water partition coefficient (Wildman–Crippen LogP) is 3.16. The Morgan fingerprint density at radius 1 is 1.07 bits per heavy atom. The second-order valence-corrected chi connectivity index (χ2v) is 5.93. The lowest BCUT2D eigenvalue weighted by Crippen LogP contribution is -2.06. The number of carbonyl (C=O) groups excluding carboxylic acids is 1. The first kappa shape index (κ1) is 22.3. The summed E-state index contributed by atoms with van der Waals surface area (Å²) in [5.74, 6) is 1.49. The lowest BCUT2D eigenvalue weighted by atomic mass is 10.1. The molecule has 0 atom stereocenters. The standard InChI is InChI=1S/C19H20O6.C2H6O2/c1-22-19(21)14-4-2-5-15(10-14)23-7-3-8-24-18-12-17-13(6-9-25-17)11-16(18)20;1-3-4-2/h2,4-5,10-12,20H,3,6-9H2,1H3;1-2H3. The predicted molar refractivity (Wildman–Crippen MR) is 105 cm³/mol. The van der Waals surface area contributed by atoms with Crippen molar-refractivity contribution in [2.75, 3.05) is 41.2 Å². The molecule has 8 heteroatoms. The number of hydrogen-bond acceptors (Lipinski definition) is 8. The van der Waals surface area contributed by atoms with Crippen molar-refractivity contribution in [3.63, 3.8) is 0 Å². The second kappa shape index (κ2) is 11.8. The van der Waals surface area contributed by atoms with Gasteiger partial charge in [-0.25, -0.2) is 14.6 Å². The van der Waals surface area contributed by atoms with E-state index in [0.29, 0.717) is 43.3 Å². The van der Waals surface area contributed by atoms with Crippen LogP contribution in [0.15, 0.2) is 36.4 Å². The SMILES string of the molecule is COC(=O)c1cccc(OCCCOc2cc3c(cc2O)CCO3)c1.COOC. The molecule has 1 heterocycles. The summed E-state index contributed by atoms with van der Waals surface area (Å²) in [5.41, 5.74) is 1.44. The van der Waals surface area contributed by atoms with Crippen molar-refractivity contribution in [2.45, 2.75) is 12.8 Å². The fourth-order valence-electron chi connectivity index (χ4n) is 2.57. The van der Waals surface area contributed by atoms with E-state index in [1.807, 2.05) is 0 Å². The molecule has 1 N–H and O–H groups in total. The molecule has 0 saturated carbocycles. The lowest BCUT2D eigenvalue weighted by molar-refractivity contribution is -0.248. The van der Waals surface area contributed by atoms with E-state index in [0.717, 1.165) is 17.7 Å². The van der Waals surface area contributed by atoms with Gasteiger partial charge < -0.3 is 24.1 Å². The molecule has 2 aromatic rings. The number of phenols is 1. The first-order chi connectivity index (χ1) is 14.1. The molecule has 0 bridgehead atoms. The molecule has 1 aliphatic heterocycles. The van der Waals surface area contributed by atoms with E-state index in [-0.39, 0.29) is 5.75 Å². The summed E-state index contributed by atoms with van der Waals surface area (Å²) in [4.78, 5) is 19.6. The van der Waals surface area contributed by atoms with Crippen LogP contribution in [0.3, 0.4) is 0 Å². The van der Waals surface area contributed by atoms with Crippen LogP contribution in [0.1, 0.15) is 22.3 Å². The number of esters is 1. The molecule has 0 radical (unpaired) electrons. The normalized spacial score (nSPS) is 11.6. The van der Waals surface area contributed by atoms with E-state index in [4.69, 9.17) is 14.2 Å². The Hall–Kier alpha value is -2.97. The first-order valence-corrected chi connectivity index (χ1v) is 9.08. The summed E-state index contributed by atoms with van der Waals surface area (Å²) in [6.45, 7) is 1.45. The van der Waals surface area contributed by atoms with Gasteiger partial charge >= 0.3 is 5.97 Å². The average molecular weight is 406 g/mol. The van der Waals surface area contributed by atoms with Gasteiger partial charge in [0.25, 0.3) is 0 Å². The Morgan fingerprint density at radius 3 is 2.55 bits per heavy atom. The molecule has 3 rings (SSSR count). The van der Waals surface area contributed by atoms with Crippen LogP contribution >= 0.6 is 0 Å². The molecule has 0 aromatic heterocycles. The minimum absolute atomic E-state index is 0.121. The molecule has 0 amide bonds. The van der Waals surface area contributed by atoms with Gasteiger partial charge in [-0.3, -0.25) is 0 Å². The fraction of sp³-hybridized carbons (Fsp3) is 0.381. The van der Waals surface area contributed by atoms with Crippen LogP contribution < -0.4 is 14.2 Å². The number of fused-ring (bicyclic) bond motifs is 1. The topological polar surface area (TPSA) is 92.7 Å². The van der Waals surface area contributed by atoms with E-state index >= 15 is 0 Å². The van der Waals surface area contributed by atoms with Gasteiger partial charge in [0, 0.05) is 24.5 Å². The van der Waals surface area contributed by atoms with E-state index in [1.165, 1.54) is 21.3 Å². The summed E-state index contributed by atoms with van der Waals surface area (Å²) in [6, 6.07) is 10.2. The molecular weight excluding hydrogens is 380 g/mol. The summed E-state index contributed by atoms with van der Waals surface area (Å²) in [7, 11) is 4.26. The number of hydrogen-bond donors (Lipinski definition) is 1. The Kier molecular flexibility index (Phi) is 9.07. The maximum absolute atomic E-state index is 11.5. The van der Waals surface area contributed by atoms with E-state index < -0.39 is 5.97 Å². The monoisotopic (exact) mass is 406 g/mol. The van der Waals surface area contributed by atoms with Crippen LogP contribution in [0.25, 0.3) is 0 Å². The Labute approximate surface area is 169 Å². The van der Waals surface area contributed by atoms with E-state index in [2.05, 4.69) is 14.5 Å². The summed E-state index contributed by atoms with van der Waals surface area (Å²) < 4.78 is 21.3. The quantitative estimate of drug-likeness (QED) is 0.309. The van der Waals surface area contributed by atoms with Crippen molar-refractivity contribution >= 4 is 5.97 Å². The van der Waals surface area contributed by atoms with Gasteiger partial charge in [0.1, 0.15) is 11.5 Å². The van der Waals surface area contributed by atoms with Crippen molar-refractivity contribution < 1.29 is 38.6 Å². The van der Waals surface area contributed by atoms with Crippen molar-refractivity contribution in [1.29, 1.82) is 0 Å². The van der Waals surface area contributed by atoms with Crippen LogP contribution in [-0.4, -0.2) is 52.2 Å². The third-order valence-electron chi connectivity index (χ3n) is 4.01. The number of aromatic hydroxyl groups is 1. The number of ether oxygens (including phenoxy) is 4. The zero-order valence-electron chi connectivity index (χ0n) is 16.8. The molecular formula is C21H26O8. The summed E-state index contributed by atoms with van der Waals surface area (Å²) >= 11 is 0. The number of phenolic OH excluding ortho intramolecular Hbond substituents is 1. The van der Waals surface area contributed by atoms with Gasteiger partial charge in [0.05, 0.1) is 46.7 Å². The van der Waals surface area contributed by atoms with Gasteiger partial charge in [-0.2, -0.15) is 0 Å². The molecule has 29 heavy (non-hydrogen) atoms. The number of carbonyl (C=O) groups is 1. The molecule has 0 aliphatic carbocycles. The molecule has 8 nitrogen and oxygen atoms in total.